The van der Waals surface area contributed by atoms with Gasteiger partial charge in [0.15, 0.2) is 5.82 Å². The number of rotatable bonds is 7. The quantitative estimate of drug-likeness (QED) is 0.383. The van der Waals surface area contributed by atoms with Crippen molar-refractivity contribution in [3.8, 4) is 22.9 Å². The first-order valence-electron chi connectivity index (χ1n) is 7.61. The van der Waals surface area contributed by atoms with Crippen molar-refractivity contribution in [3.05, 3.63) is 58.1 Å². The van der Waals surface area contributed by atoms with Gasteiger partial charge >= 0.3 is 0 Å². The molecule has 9 heteroatoms. The zero-order valence-corrected chi connectivity index (χ0v) is 14.9. The lowest BCUT2D eigenvalue weighted by Crippen LogP contribution is -1.91. The smallest absolute Gasteiger partial charge is 0.269 e. The lowest BCUT2D eigenvalue weighted by Gasteiger charge is -2.07. The summed E-state index contributed by atoms with van der Waals surface area (Å²) < 4.78 is 10.6. The predicted molar refractivity (Wildman–Crippen MR) is 97.6 cm³/mol. The molecule has 0 fully saturated rings. The Bertz CT molecular complexity index is 911. The van der Waals surface area contributed by atoms with Gasteiger partial charge in [0, 0.05) is 24.0 Å². The number of H-pyrrole nitrogens is 1. The standard InChI is InChI=1S/C17H16N4O4S/c1-24-13-7-8-14(15(9-13)25-2)16-18-17(20-19-16)26-10-11-3-5-12(6-4-11)21(22)23/h3-9H,10H2,1-2H3,(H,18,19,20). The summed E-state index contributed by atoms with van der Waals surface area (Å²) in [4.78, 5) is 14.7. The number of hydrogen-bond donors (Lipinski definition) is 1. The Morgan fingerprint density at radius 1 is 1.15 bits per heavy atom. The zero-order valence-electron chi connectivity index (χ0n) is 14.1. The minimum absolute atomic E-state index is 0.0746. The number of aromatic amines is 1. The van der Waals surface area contributed by atoms with Gasteiger partial charge in [-0.25, -0.2) is 4.98 Å². The van der Waals surface area contributed by atoms with Crippen LogP contribution in [0.15, 0.2) is 47.6 Å². The van der Waals surface area contributed by atoms with E-state index < -0.39 is 4.92 Å². The van der Waals surface area contributed by atoms with Gasteiger partial charge < -0.3 is 9.47 Å². The zero-order chi connectivity index (χ0) is 18.5. The van der Waals surface area contributed by atoms with E-state index in [-0.39, 0.29) is 5.69 Å². The van der Waals surface area contributed by atoms with Crippen LogP contribution in [0.3, 0.4) is 0 Å². The van der Waals surface area contributed by atoms with Gasteiger partial charge in [0.2, 0.25) is 5.16 Å². The number of nitro groups is 1. The van der Waals surface area contributed by atoms with Crippen molar-refractivity contribution in [3.63, 3.8) is 0 Å². The average molecular weight is 372 g/mol. The summed E-state index contributed by atoms with van der Waals surface area (Å²) in [7, 11) is 3.18. The summed E-state index contributed by atoms with van der Waals surface area (Å²) in [6.45, 7) is 0. The van der Waals surface area contributed by atoms with Crippen molar-refractivity contribution >= 4 is 17.4 Å². The average Bonchev–Trinajstić information content (AvgIpc) is 3.15. The van der Waals surface area contributed by atoms with E-state index in [1.54, 1.807) is 32.4 Å². The van der Waals surface area contributed by atoms with Crippen molar-refractivity contribution in [2.24, 2.45) is 0 Å². The molecule has 0 aliphatic rings. The summed E-state index contributed by atoms with van der Waals surface area (Å²) >= 11 is 1.44. The Balaban J connectivity index is 1.71. The third kappa shape index (κ3) is 3.94. The molecule has 1 heterocycles. The molecule has 3 rings (SSSR count). The van der Waals surface area contributed by atoms with Gasteiger partial charge in [-0.15, -0.1) is 5.10 Å². The van der Waals surface area contributed by atoms with Crippen LogP contribution in [0.2, 0.25) is 0 Å². The fourth-order valence-corrected chi connectivity index (χ4v) is 3.04. The van der Waals surface area contributed by atoms with Crippen molar-refractivity contribution in [2.75, 3.05) is 14.2 Å². The van der Waals surface area contributed by atoms with Crippen LogP contribution in [0.25, 0.3) is 11.4 Å². The largest absolute Gasteiger partial charge is 0.497 e. The summed E-state index contributed by atoms with van der Waals surface area (Å²) in [6, 6.07) is 11.9. The lowest BCUT2D eigenvalue weighted by atomic mass is 10.2. The number of nitrogens with one attached hydrogen (secondary N) is 1. The second-order valence-electron chi connectivity index (χ2n) is 5.25. The van der Waals surface area contributed by atoms with Crippen molar-refractivity contribution in [1.29, 1.82) is 0 Å². The van der Waals surface area contributed by atoms with Gasteiger partial charge in [-0.2, -0.15) is 0 Å². The summed E-state index contributed by atoms with van der Waals surface area (Å²) in [5, 5.41) is 18.4. The van der Waals surface area contributed by atoms with Crippen LogP contribution in [0.5, 0.6) is 11.5 Å². The predicted octanol–water partition coefficient (Wildman–Crippen LogP) is 3.69. The monoisotopic (exact) mass is 372 g/mol. The van der Waals surface area contributed by atoms with Gasteiger partial charge in [-0.05, 0) is 17.7 Å². The van der Waals surface area contributed by atoms with Crippen LogP contribution in [0.4, 0.5) is 5.69 Å². The molecule has 0 saturated heterocycles. The molecule has 26 heavy (non-hydrogen) atoms. The maximum Gasteiger partial charge on any atom is 0.269 e. The summed E-state index contributed by atoms with van der Waals surface area (Å²) in [6.07, 6.45) is 0. The molecule has 1 aromatic heterocycles. The first-order valence-corrected chi connectivity index (χ1v) is 8.60. The molecule has 8 nitrogen and oxygen atoms in total. The Morgan fingerprint density at radius 2 is 1.92 bits per heavy atom. The number of non-ortho nitro benzene ring substituents is 1. The molecule has 1 N–H and O–H groups in total. The Kier molecular flexibility index (Phi) is 5.37. The van der Waals surface area contributed by atoms with E-state index >= 15 is 0 Å². The van der Waals surface area contributed by atoms with E-state index in [4.69, 9.17) is 9.47 Å². The van der Waals surface area contributed by atoms with E-state index in [9.17, 15) is 10.1 Å². The molecule has 0 atom stereocenters. The van der Waals surface area contributed by atoms with Crippen molar-refractivity contribution < 1.29 is 14.4 Å². The molecule has 0 aliphatic heterocycles. The van der Waals surface area contributed by atoms with Crippen LogP contribution in [0, 0.1) is 10.1 Å². The molecule has 0 bridgehead atoms. The van der Waals surface area contributed by atoms with E-state index in [0.717, 1.165) is 11.1 Å². The minimum atomic E-state index is -0.416. The first-order chi connectivity index (χ1) is 12.6. The van der Waals surface area contributed by atoms with Gasteiger partial charge in [0.1, 0.15) is 11.5 Å². The van der Waals surface area contributed by atoms with Crippen molar-refractivity contribution in [2.45, 2.75) is 10.9 Å². The lowest BCUT2D eigenvalue weighted by molar-refractivity contribution is -0.384. The number of aromatic nitrogens is 3. The Morgan fingerprint density at radius 3 is 2.58 bits per heavy atom. The van der Waals surface area contributed by atoms with Crippen LogP contribution in [-0.2, 0) is 5.75 Å². The maximum atomic E-state index is 10.7. The highest BCUT2D eigenvalue weighted by Crippen LogP contribution is 2.32. The third-order valence-electron chi connectivity index (χ3n) is 3.64. The molecule has 0 aliphatic carbocycles. The molecular formula is C17H16N4O4S. The van der Waals surface area contributed by atoms with Crippen molar-refractivity contribution in [1.82, 2.24) is 15.2 Å². The number of nitrogens with zero attached hydrogens (tertiary/aromatic N) is 3. The fraction of sp³-hybridized carbons (Fsp3) is 0.176. The Labute approximate surface area is 153 Å². The summed E-state index contributed by atoms with van der Waals surface area (Å²) in [5.41, 5.74) is 1.81. The van der Waals surface area contributed by atoms with Gasteiger partial charge in [-0.1, -0.05) is 23.9 Å². The normalized spacial score (nSPS) is 10.5. The summed E-state index contributed by atoms with van der Waals surface area (Å²) in [5.74, 6) is 2.52. The fourth-order valence-electron chi connectivity index (χ4n) is 2.29. The second kappa shape index (κ2) is 7.87. The molecular weight excluding hydrogens is 356 g/mol. The molecule has 0 unspecified atom stereocenters. The highest BCUT2D eigenvalue weighted by molar-refractivity contribution is 7.98. The minimum Gasteiger partial charge on any atom is -0.497 e. The molecule has 2 aromatic carbocycles. The molecule has 0 saturated carbocycles. The van der Waals surface area contributed by atoms with E-state index in [0.29, 0.717) is 28.2 Å². The van der Waals surface area contributed by atoms with E-state index in [2.05, 4.69) is 15.2 Å². The topological polar surface area (TPSA) is 103 Å². The van der Waals surface area contributed by atoms with Crippen LogP contribution < -0.4 is 9.47 Å². The number of benzene rings is 2. The van der Waals surface area contributed by atoms with Crippen LogP contribution in [-0.4, -0.2) is 34.3 Å². The Hall–Kier alpha value is -3.07. The highest BCUT2D eigenvalue weighted by Gasteiger charge is 2.13. The highest BCUT2D eigenvalue weighted by atomic mass is 32.2. The van der Waals surface area contributed by atoms with Crippen LogP contribution in [0.1, 0.15) is 5.56 Å². The molecule has 0 amide bonds. The third-order valence-corrected chi connectivity index (χ3v) is 4.56. The van der Waals surface area contributed by atoms with E-state index in [1.807, 2.05) is 12.1 Å². The van der Waals surface area contributed by atoms with E-state index in [1.165, 1.54) is 23.9 Å². The number of hydrogen-bond acceptors (Lipinski definition) is 7. The molecule has 134 valence electrons. The molecule has 0 spiro atoms. The number of nitro benzene ring substituents is 1. The molecule has 3 aromatic rings. The first kappa shape index (κ1) is 17.7. The van der Waals surface area contributed by atoms with Gasteiger partial charge in [-0.3, -0.25) is 15.2 Å². The molecule has 0 radical (unpaired) electrons. The van der Waals surface area contributed by atoms with Crippen LogP contribution >= 0.6 is 11.8 Å². The van der Waals surface area contributed by atoms with Gasteiger partial charge in [0.05, 0.1) is 24.7 Å². The van der Waals surface area contributed by atoms with Gasteiger partial charge in [0.25, 0.3) is 5.69 Å². The second-order valence-corrected chi connectivity index (χ2v) is 6.19. The SMILES string of the molecule is COc1ccc(-c2nc(SCc3ccc([N+](=O)[O-])cc3)n[nH]2)c(OC)c1. The maximum absolute atomic E-state index is 10.7. The number of ether oxygens (including phenoxy) is 2. The number of methoxy groups -OCH3 is 2. The number of thioether (sulfide) groups is 1.